The van der Waals surface area contributed by atoms with Gasteiger partial charge in [-0.15, -0.1) is 0 Å². The third-order valence-corrected chi connectivity index (χ3v) is 2.64. The van der Waals surface area contributed by atoms with Gasteiger partial charge in [0.05, 0.1) is 11.6 Å². The molecular formula is C12H12F3N5O. The minimum atomic E-state index is -4.46. The third-order valence-electron chi connectivity index (χ3n) is 2.64. The van der Waals surface area contributed by atoms with Crippen LogP contribution in [0, 0.1) is 0 Å². The predicted molar refractivity (Wildman–Crippen MR) is 68.4 cm³/mol. The number of benzene rings is 1. The van der Waals surface area contributed by atoms with Crippen molar-refractivity contribution >= 4 is 11.7 Å². The Morgan fingerprint density at radius 3 is 2.76 bits per heavy atom. The summed E-state index contributed by atoms with van der Waals surface area (Å²) in [7, 11) is 0. The highest BCUT2D eigenvalue weighted by Gasteiger charge is 2.30. The fraction of sp³-hybridized carbons (Fsp3) is 0.250. The van der Waals surface area contributed by atoms with Crippen molar-refractivity contribution in [3.8, 4) is 0 Å². The van der Waals surface area contributed by atoms with E-state index in [9.17, 15) is 18.0 Å². The van der Waals surface area contributed by atoms with Gasteiger partial charge in [-0.25, -0.2) is 9.78 Å². The van der Waals surface area contributed by atoms with E-state index in [0.29, 0.717) is 5.82 Å². The Bertz CT molecular complexity index is 612. The molecule has 9 heteroatoms. The fourth-order valence-corrected chi connectivity index (χ4v) is 1.63. The maximum absolute atomic E-state index is 12.6. The van der Waals surface area contributed by atoms with Crippen LogP contribution < -0.4 is 10.6 Å². The Kier molecular flexibility index (Phi) is 4.10. The van der Waals surface area contributed by atoms with Crippen LogP contribution in [0.25, 0.3) is 0 Å². The van der Waals surface area contributed by atoms with E-state index in [0.717, 1.165) is 12.1 Å². The molecule has 0 aliphatic rings. The molecule has 0 fully saturated rings. The van der Waals surface area contributed by atoms with E-state index in [-0.39, 0.29) is 5.69 Å². The van der Waals surface area contributed by atoms with Gasteiger partial charge in [0.2, 0.25) is 0 Å². The lowest BCUT2D eigenvalue weighted by molar-refractivity contribution is -0.137. The van der Waals surface area contributed by atoms with Crippen molar-refractivity contribution in [1.82, 2.24) is 20.5 Å². The van der Waals surface area contributed by atoms with Crippen LogP contribution in [-0.2, 0) is 6.18 Å². The largest absolute Gasteiger partial charge is 0.416 e. The van der Waals surface area contributed by atoms with Crippen LogP contribution >= 0.6 is 0 Å². The van der Waals surface area contributed by atoms with Crippen molar-refractivity contribution in [2.24, 2.45) is 0 Å². The SMILES string of the molecule is CC(NC(=O)Nc1cccc(C(F)(F)F)c1)c1ncn[nH]1. The van der Waals surface area contributed by atoms with Crippen molar-refractivity contribution in [2.45, 2.75) is 19.1 Å². The van der Waals surface area contributed by atoms with Gasteiger partial charge in [-0.05, 0) is 25.1 Å². The zero-order chi connectivity index (χ0) is 15.5. The molecule has 0 bridgehead atoms. The fourth-order valence-electron chi connectivity index (χ4n) is 1.63. The van der Waals surface area contributed by atoms with Gasteiger partial charge in [-0.1, -0.05) is 6.07 Å². The van der Waals surface area contributed by atoms with E-state index in [4.69, 9.17) is 0 Å². The number of aromatic nitrogens is 3. The minimum Gasteiger partial charge on any atom is -0.328 e. The normalized spacial score (nSPS) is 12.8. The molecule has 1 aromatic heterocycles. The molecule has 1 aromatic carbocycles. The number of H-pyrrole nitrogens is 1. The number of nitrogens with one attached hydrogen (secondary N) is 3. The first-order valence-corrected chi connectivity index (χ1v) is 5.96. The molecule has 0 saturated heterocycles. The first kappa shape index (κ1) is 14.8. The number of carbonyl (C=O) groups is 1. The monoisotopic (exact) mass is 299 g/mol. The molecule has 2 rings (SSSR count). The number of alkyl halides is 3. The van der Waals surface area contributed by atoms with Crippen molar-refractivity contribution < 1.29 is 18.0 Å². The zero-order valence-corrected chi connectivity index (χ0v) is 10.9. The molecule has 3 N–H and O–H groups in total. The number of rotatable bonds is 3. The van der Waals surface area contributed by atoms with Gasteiger partial charge in [0.25, 0.3) is 0 Å². The van der Waals surface area contributed by atoms with E-state index in [2.05, 4.69) is 25.8 Å². The topological polar surface area (TPSA) is 82.7 Å². The first-order valence-electron chi connectivity index (χ1n) is 5.96. The highest BCUT2D eigenvalue weighted by molar-refractivity contribution is 5.89. The van der Waals surface area contributed by atoms with Gasteiger partial charge < -0.3 is 10.6 Å². The Morgan fingerprint density at radius 1 is 1.38 bits per heavy atom. The average Bonchev–Trinajstić information content (AvgIpc) is 2.91. The van der Waals surface area contributed by atoms with Gasteiger partial charge in [0.15, 0.2) is 0 Å². The highest BCUT2D eigenvalue weighted by atomic mass is 19.4. The van der Waals surface area contributed by atoms with Crippen LogP contribution in [0.3, 0.4) is 0 Å². The lowest BCUT2D eigenvalue weighted by atomic mass is 10.2. The number of halogens is 3. The number of anilines is 1. The summed E-state index contributed by atoms with van der Waals surface area (Å²) in [4.78, 5) is 15.6. The van der Waals surface area contributed by atoms with Gasteiger partial charge in [-0.3, -0.25) is 5.10 Å². The van der Waals surface area contributed by atoms with Crippen LogP contribution in [0.5, 0.6) is 0 Å². The molecule has 0 aliphatic carbocycles. The lowest BCUT2D eigenvalue weighted by Crippen LogP contribution is -2.31. The van der Waals surface area contributed by atoms with Gasteiger partial charge in [-0.2, -0.15) is 18.3 Å². The second kappa shape index (κ2) is 5.81. The molecule has 1 heterocycles. The van der Waals surface area contributed by atoms with E-state index >= 15 is 0 Å². The molecule has 0 radical (unpaired) electrons. The molecular weight excluding hydrogens is 287 g/mol. The molecule has 112 valence electrons. The molecule has 0 aliphatic heterocycles. The quantitative estimate of drug-likeness (QED) is 0.815. The molecule has 1 atom stereocenters. The summed E-state index contributed by atoms with van der Waals surface area (Å²) in [6.07, 6.45) is -3.17. The Morgan fingerprint density at radius 2 is 2.14 bits per heavy atom. The second-order valence-electron chi connectivity index (χ2n) is 4.27. The van der Waals surface area contributed by atoms with Crippen molar-refractivity contribution in [2.75, 3.05) is 5.32 Å². The molecule has 2 aromatic rings. The summed E-state index contributed by atoms with van der Waals surface area (Å²) < 4.78 is 37.7. The van der Waals surface area contributed by atoms with E-state index in [1.54, 1.807) is 6.92 Å². The average molecular weight is 299 g/mol. The zero-order valence-electron chi connectivity index (χ0n) is 10.9. The predicted octanol–water partition coefficient (Wildman–Crippen LogP) is 2.71. The van der Waals surface area contributed by atoms with Crippen LogP contribution in [-0.4, -0.2) is 21.2 Å². The number of urea groups is 1. The van der Waals surface area contributed by atoms with Crippen LogP contribution in [0.2, 0.25) is 0 Å². The summed E-state index contributed by atoms with van der Waals surface area (Å²) in [6, 6.07) is 3.28. The van der Waals surface area contributed by atoms with Crippen molar-refractivity contribution in [3.05, 3.63) is 42.0 Å². The lowest BCUT2D eigenvalue weighted by Gasteiger charge is -2.13. The van der Waals surface area contributed by atoms with E-state index in [1.165, 1.54) is 18.5 Å². The maximum atomic E-state index is 12.6. The number of amides is 2. The number of carbonyl (C=O) groups excluding carboxylic acids is 1. The summed E-state index contributed by atoms with van der Waals surface area (Å²) in [6.45, 7) is 1.66. The number of aromatic amines is 1. The van der Waals surface area contributed by atoms with E-state index < -0.39 is 23.8 Å². The molecule has 0 spiro atoms. The Hall–Kier alpha value is -2.58. The Labute approximate surface area is 117 Å². The van der Waals surface area contributed by atoms with Gasteiger partial charge >= 0.3 is 12.2 Å². The molecule has 1 unspecified atom stereocenters. The van der Waals surface area contributed by atoms with Crippen LogP contribution in [0.15, 0.2) is 30.6 Å². The summed E-state index contributed by atoms with van der Waals surface area (Å²) in [5.74, 6) is 0.439. The van der Waals surface area contributed by atoms with Gasteiger partial charge in [0.1, 0.15) is 12.2 Å². The minimum absolute atomic E-state index is 0.0482. The van der Waals surface area contributed by atoms with E-state index in [1.807, 2.05) is 0 Å². The highest BCUT2D eigenvalue weighted by Crippen LogP contribution is 2.30. The third kappa shape index (κ3) is 3.94. The first-order chi connectivity index (χ1) is 9.86. The molecule has 6 nitrogen and oxygen atoms in total. The van der Waals surface area contributed by atoms with Crippen molar-refractivity contribution in [1.29, 1.82) is 0 Å². The van der Waals surface area contributed by atoms with Crippen molar-refractivity contribution in [3.63, 3.8) is 0 Å². The van der Waals surface area contributed by atoms with Crippen LogP contribution in [0.4, 0.5) is 23.7 Å². The standard InChI is InChI=1S/C12H12F3N5O/c1-7(10-16-6-17-20-10)18-11(21)19-9-4-2-3-8(5-9)12(13,14)15/h2-7H,1H3,(H,16,17,20)(H2,18,19,21). The van der Waals surface area contributed by atoms with Crippen LogP contribution in [0.1, 0.15) is 24.4 Å². The summed E-state index contributed by atoms with van der Waals surface area (Å²) >= 11 is 0. The number of hydrogen-bond donors (Lipinski definition) is 3. The number of hydrogen-bond acceptors (Lipinski definition) is 3. The Balaban J connectivity index is 2.00. The smallest absolute Gasteiger partial charge is 0.328 e. The maximum Gasteiger partial charge on any atom is 0.416 e. The number of nitrogens with zero attached hydrogens (tertiary/aromatic N) is 2. The van der Waals surface area contributed by atoms with Gasteiger partial charge in [0, 0.05) is 5.69 Å². The second-order valence-corrected chi connectivity index (χ2v) is 4.27. The molecule has 21 heavy (non-hydrogen) atoms. The summed E-state index contributed by atoms with van der Waals surface area (Å²) in [5, 5.41) is 11.1. The summed E-state index contributed by atoms with van der Waals surface area (Å²) in [5.41, 5.74) is -0.782. The molecule has 0 saturated carbocycles. The molecule has 2 amide bonds.